The number of amides is 2. The first-order chi connectivity index (χ1) is 33.7. The van der Waals surface area contributed by atoms with Crippen LogP contribution in [0.4, 0.5) is 0 Å². The SMILES string of the molecule is CS(=O)(=O)c1ccc(-c2ccc(C3(C(=O)N4CCC5(C4)OC(=O)c4cnccc45)CC3)cn2)cc1.Cn1ccc2cc(-c3ccc(C4(C(=O)N5CCC6(C5)OC(=O)c5cnccc56)CC4)cn3)ccc21. The number of hydrogen-bond donors (Lipinski definition) is 0. The fourth-order valence-electron chi connectivity index (χ4n) is 11.1. The molecule has 0 N–H and O–H groups in total. The van der Waals surface area contributed by atoms with Crippen molar-refractivity contribution in [3.63, 3.8) is 0 Å². The summed E-state index contributed by atoms with van der Waals surface area (Å²) in [5.74, 6) is -0.585. The van der Waals surface area contributed by atoms with Gasteiger partial charge in [-0.05, 0) is 91.4 Å². The molecule has 352 valence electrons. The Morgan fingerprint density at radius 3 is 1.57 bits per heavy atom. The summed E-state index contributed by atoms with van der Waals surface area (Å²) in [6, 6.07) is 26.6. The van der Waals surface area contributed by atoms with E-state index in [-0.39, 0.29) is 28.6 Å². The van der Waals surface area contributed by atoms with E-state index in [2.05, 4.69) is 50.0 Å². The standard InChI is InChI=1S/C28H24N4O3.C26H23N3O5S/c1-31-12-7-19-14-18(2-5-24(19)31)23-4-3-20(15-30-23)27(8-9-27)26(34)32-13-10-28(17-32)22-6-11-29-16-21(22)25(33)35-28;1-35(32,33)19-5-2-17(3-6-19)22-7-4-18(14-28-22)25(9-10-25)24(31)29-13-11-26(16-29)21-8-12-27-15-20(21)23(30)34-26/h2-7,11-12,14-16H,8-10,13,17H2,1H3;2-8,12,14-15H,9-11,13,16H2,1H3. The van der Waals surface area contributed by atoms with Gasteiger partial charge in [0.25, 0.3) is 0 Å². The summed E-state index contributed by atoms with van der Waals surface area (Å²) < 4.78 is 37.1. The van der Waals surface area contributed by atoms with E-state index < -0.39 is 31.9 Å². The Hall–Kier alpha value is -7.59. The number of nitrogens with zero attached hydrogens (tertiary/aromatic N) is 7. The fraction of sp³-hybridized carbons (Fsp3) is 0.296. The molecule has 13 rings (SSSR count). The summed E-state index contributed by atoms with van der Waals surface area (Å²) in [6.45, 7) is 1.82. The number of hydrogen-bond acceptors (Lipinski definition) is 12. The minimum absolute atomic E-state index is 0.0417. The molecule has 0 radical (unpaired) electrons. The summed E-state index contributed by atoms with van der Waals surface area (Å²) in [6.07, 6.45) is 17.5. The Morgan fingerprint density at radius 2 is 1.10 bits per heavy atom. The van der Waals surface area contributed by atoms with Crippen molar-refractivity contribution in [1.82, 2.24) is 34.3 Å². The monoisotopic (exact) mass is 953 g/mol. The molecule has 15 nitrogen and oxygen atoms in total. The molecule has 16 heteroatoms. The Bertz CT molecular complexity index is 3440. The normalized spacial score (nSPS) is 22.1. The zero-order valence-corrected chi connectivity index (χ0v) is 39.3. The van der Waals surface area contributed by atoms with E-state index in [0.29, 0.717) is 55.8 Å². The Balaban J connectivity index is 0.000000144. The minimum Gasteiger partial charge on any atom is -0.449 e. The van der Waals surface area contributed by atoms with E-state index in [1.807, 2.05) is 59.4 Å². The summed E-state index contributed by atoms with van der Waals surface area (Å²) >= 11 is 0. The van der Waals surface area contributed by atoms with Crippen LogP contribution in [-0.2, 0) is 58.0 Å². The quantitative estimate of drug-likeness (QED) is 0.152. The average Bonchev–Trinajstić information content (AvgIpc) is 4.16. The third kappa shape index (κ3) is 7.01. The lowest BCUT2D eigenvalue weighted by Gasteiger charge is -2.26. The van der Waals surface area contributed by atoms with Crippen LogP contribution in [0.25, 0.3) is 33.4 Å². The first-order valence-corrected chi connectivity index (χ1v) is 25.3. The zero-order chi connectivity index (χ0) is 48.2. The minimum atomic E-state index is -3.26. The van der Waals surface area contributed by atoms with Crippen molar-refractivity contribution in [1.29, 1.82) is 0 Å². The first kappa shape index (κ1) is 43.7. The predicted molar refractivity (Wildman–Crippen MR) is 256 cm³/mol. The van der Waals surface area contributed by atoms with Crippen LogP contribution >= 0.6 is 0 Å². The summed E-state index contributed by atoms with van der Waals surface area (Å²) in [4.78, 5) is 73.4. The number of carbonyl (C=O) groups excluding carboxylic acids is 4. The van der Waals surface area contributed by atoms with Crippen molar-refractivity contribution >= 4 is 44.5 Å². The van der Waals surface area contributed by atoms with Gasteiger partial charge < -0.3 is 23.8 Å². The first-order valence-electron chi connectivity index (χ1n) is 23.4. The summed E-state index contributed by atoms with van der Waals surface area (Å²) in [5.41, 5.74) is 6.46. The molecule has 2 unspecified atom stereocenters. The van der Waals surface area contributed by atoms with Crippen molar-refractivity contribution in [2.24, 2.45) is 7.05 Å². The lowest BCUT2D eigenvalue weighted by molar-refractivity contribution is -0.134. The van der Waals surface area contributed by atoms with Crippen LogP contribution < -0.4 is 0 Å². The second kappa shape index (κ2) is 15.7. The molecule has 0 bridgehead atoms. The van der Waals surface area contributed by atoms with E-state index in [1.54, 1.807) is 49.1 Å². The highest BCUT2D eigenvalue weighted by molar-refractivity contribution is 7.90. The molecule has 2 aliphatic carbocycles. The number of ether oxygens (including phenoxy) is 2. The predicted octanol–water partition coefficient (Wildman–Crippen LogP) is 6.84. The molecule has 6 aliphatic rings. The molecular formula is C54H47N7O8S. The molecule has 2 saturated carbocycles. The molecule has 5 aromatic heterocycles. The Labute approximate surface area is 403 Å². The molecule has 2 saturated heterocycles. The average molecular weight is 954 g/mol. The van der Waals surface area contributed by atoms with Crippen molar-refractivity contribution in [2.75, 3.05) is 32.4 Å². The second-order valence-corrected chi connectivity index (χ2v) is 21.6. The lowest BCUT2D eigenvalue weighted by Crippen LogP contribution is -2.40. The van der Waals surface area contributed by atoms with Gasteiger partial charge in [-0.2, -0.15) is 0 Å². The van der Waals surface area contributed by atoms with Gasteiger partial charge in [-0.15, -0.1) is 0 Å². The summed E-state index contributed by atoms with van der Waals surface area (Å²) in [5, 5.41) is 1.18. The number of fused-ring (bicyclic) bond motifs is 5. The second-order valence-electron chi connectivity index (χ2n) is 19.6. The van der Waals surface area contributed by atoms with Crippen molar-refractivity contribution in [3.8, 4) is 22.5 Å². The number of carbonyl (C=O) groups is 4. The molecule has 2 amide bonds. The molecule has 4 aliphatic heterocycles. The van der Waals surface area contributed by atoms with Crippen LogP contribution in [0, 0.1) is 0 Å². The highest BCUT2D eigenvalue weighted by Gasteiger charge is 2.59. The molecule has 70 heavy (non-hydrogen) atoms. The molecule has 7 aromatic rings. The van der Waals surface area contributed by atoms with E-state index in [1.165, 1.54) is 23.4 Å². The molecule has 2 atom stereocenters. The van der Waals surface area contributed by atoms with Crippen LogP contribution in [0.15, 0.2) is 133 Å². The van der Waals surface area contributed by atoms with Crippen molar-refractivity contribution in [3.05, 3.63) is 162 Å². The number of aryl methyl sites for hydroxylation is 1. The number of benzene rings is 2. The Kier molecular flexibility index (Phi) is 9.81. The van der Waals surface area contributed by atoms with E-state index in [4.69, 9.17) is 14.5 Å². The van der Waals surface area contributed by atoms with Crippen LogP contribution in [0.1, 0.15) is 81.5 Å². The third-order valence-electron chi connectivity index (χ3n) is 15.4. The van der Waals surface area contributed by atoms with Gasteiger partial charge in [0, 0.05) is 116 Å². The number of aromatic nitrogens is 5. The number of esters is 2. The highest BCUT2D eigenvalue weighted by atomic mass is 32.2. The van der Waals surface area contributed by atoms with E-state index in [0.717, 1.165) is 64.8 Å². The number of sulfone groups is 1. The van der Waals surface area contributed by atoms with Gasteiger partial charge in [-0.3, -0.25) is 29.5 Å². The number of likely N-dealkylation sites (tertiary alicyclic amines) is 2. The lowest BCUT2D eigenvalue weighted by atomic mass is 9.92. The molecular weight excluding hydrogens is 907 g/mol. The maximum Gasteiger partial charge on any atom is 0.341 e. The molecule has 9 heterocycles. The van der Waals surface area contributed by atoms with Gasteiger partial charge in [0.05, 0.1) is 51.3 Å². The highest BCUT2D eigenvalue weighted by Crippen LogP contribution is 2.53. The van der Waals surface area contributed by atoms with Crippen molar-refractivity contribution in [2.45, 2.75) is 65.5 Å². The van der Waals surface area contributed by atoms with Crippen LogP contribution in [-0.4, -0.2) is 98.9 Å². The topological polar surface area (TPSA) is 184 Å². The summed E-state index contributed by atoms with van der Waals surface area (Å²) in [7, 11) is -1.22. The van der Waals surface area contributed by atoms with Gasteiger partial charge in [-0.1, -0.05) is 30.3 Å². The smallest absolute Gasteiger partial charge is 0.341 e. The van der Waals surface area contributed by atoms with Gasteiger partial charge in [0.15, 0.2) is 21.0 Å². The van der Waals surface area contributed by atoms with Gasteiger partial charge >= 0.3 is 11.9 Å². The maximum absolute atomic E-state index is 13.7. The van der Waals surface area contributed by atoms with Gasteiger partial charge in [0.2, 0.25) is 11.8 Å². The molecule has 2 spiro atoms. The number of pyridine rings is 4. The number of rotatable bonds is 7. The van der Waals surface area contributed by atoms with E-state index >= 15 is 0 Å². The van der Waals surface area contributed by atoms with Crippen LogP contribution in [0.5, 0.6) is 0 Å². The zero-order valence-electron chi connectivity index (χ0n) is 38.5. The van der Waals surface area contributed by atoms with Crippen LogP contribution in [0.3, 0.4) is 0 Å². The van der Waals surface area contributed by atoms with E-state index in [9.17, 15) is 27.6 Å². The van der Waals surface area contributed by atoms with Crippen molar-refractivity contribution < 1.29 is 37.1 Å². The molecule has 2 aromatic carbocycles. The van der Waals surface area contributed by atoms with Gasteiger partial charge in [0.1, 0.15) is 0 Å². The fourth-order valence-corrected chi connectivity index (χ4v) is 11.7. The van der Waals surface area contributed by atoms with Gasteiger partial charge in [-0.25, -0.2) is 18.0 Å². The third-order valence-corrected chi connectivity index (χ3v) is 16.5. The maximum atomic E-state index is 13.7. The van der Waals surface area contributed by atoms with Crippen LogP contribution in [0.2, 0.25) is 0 Å². The molecule has 4 fully saturated rings. The largest absolute Gasteiger partial charge is 0.449 e. The Morgan fingerprint density at radius 1 is 0.600 bits per heavy atom.